The number of aromatic nitrogens is 1. The molecule has 0 aliphatic carbocycles. The van der Waals surface area contributed by atoms with Crippen LogP contribution in [0.3, 0.4) is 0 Å². The summed E-state index contributed by atoms with van der Waals surface area (Å²) in [5.74, 6) is 1.03. The Balaban J connectivity index is 2.38. The summed E-state index contributed by atoms with van der Waals surface area (Å²) in [5, 5.41) is 8.84. The summed E-state index contributed by atoms with van der Waals surface area (Å²) in [7, 11) is 0. The maximum Gasteiger partial charge on any atom is 0.219 e. The summed E-state index contributed by atoms with van der Waals surface area (Å²) in [6.45, 7) is 1.96. The highest BCUT2D eigenvalue weighted by atomic mass is 127. The zero-order valence-electron chi connectivity index (χ0n) is 9.64. The molecule has 0 fully saturated rings. The van der Waals surface area contributed by atoms with Crippen molar-refractivity contribution in [3.05, 3.63) is 45.2 Å². The molecule has 0 unspecified atom stereocenters. The van der Waals surface area contributed by atoms with Crippen LogP contribution in [-0.2, 0) is 0 Å². The lowest BCUT2D eigenvalue weighted by atomic mass is 10.2. The summed E-state index contributed by atoms with van der Waals surface area (Å²) >= 11 is 2.09. The Labute approximate surface area is 119 Å². The van der Waals surface area contributed by atoms with Gasteiger partial charge in [-0.2, -0.15) is 5.26 Å². The van der Waals surface area contributed by atoms with Gasteiger partial charge in [0.25, 0.3) is 0 Å². The van der Waals surface area contributed by atoms with Crippen molar-refractivity contribution in [2.75, 3.05) is 5.73 Å². The van der Waals surface area contributed by atoms with Gasteiger partial charge < -0.3 is 10.5 Å². The van der Waals surface area contributed by atoms with Crippen molar-refractivity contribution in [1.29, 1.82) is 5.26 Å². The van der Waals surface area contributed by atoms with Gasteiger partial charge >= 0.3 is 0 Å². The van der Waals surface area contributed by atoms with Crippen LogP contribution in [0.1, 0.15) is 11.1 Å². The third kappa shape index (κ3) is 2.71. The molecule has 0 saturated carbocycles. The molecule has 2 aromatic rings. The largest absolute Gasteiger partial charge is 0.436 e. The van der Waals surface area contributed by atoms with E-state index < -0.39 is 0 Å². The lowest BCUT2D eigenvalue weighted by Gasteiger charge is -2.10. The van der Waals surface area contributed by atoms with Crippen LogP contribution in [0.4, 0.5) is 5.69 Å². The van der Waals surface area contributed by atoms with Crippen molar-refractivity contribution in [2.24, 2.45) is 0 Å². The van der Waals surface area contributed by atoms with E-state index in [9.17, 15) is 0 Å². The van der Waals surface area contributed by atoms with E-state index in [1.54, 1.807) is 18.3 Å². The number of nitrogens with two attached hydrogens (primary N) is 1. The van der Waals surface area contributed by atoms with Crippen molar-refractivity contribution in [1.82, 2.24) is 4.98 Å². The number of halogens is 1. The predicted molar refractivity (Wildman–Crippen MR) is 77.3 cm³/mol. The number of aryl methyl sites for hydroxylation is 1. The summed E-state index contributed by atoms with van der Waals surface area (Å²) < 4.78 is 6.45. The highest BCUT2D eigenvalue weighted by Crippen LogP contribution is 2.32. The monoisotopic (exact) mass is 351 g/mol. The second-order valence-corrected chi connectivity index (χ2v) is 4.92. The molecule has 1 heterocycles. The van der Waals surface area contributed by atoms with Gasteiger partial charge in [-0.1, -0.05) is 0 Å². The van der Waals surface area contributed by atoms with Gasteiger partial charge in [-0.25, -0.2) is 4.98 Å². The minimum atomic E-state index is 0.432. The number of nitrogen functional groups attached to an aromatic ring is 1. The minimum absolute atomic E-state index is 0.432. The number of hydrogen-bond acceptors (Lipinski definition) is 4. The van der Waals surface area contributed by atoms with Crippen LogP contribution in [0.5, 0.6) is 11.6 Å². The van der Waals surface area contributed by atoms with Crippen molar-refractivity contribution in [2.45, 2.75) is 6.92 Å². The molecule has 2 N–H and O–H groups in total. The minimum Gasteiger partial charge on any atom is -0.436 e. The number of ether oxygens (including phenoxy) is 1. The van der Waals surface area contributed by atoms with Gasteiger partial charge in [0, 0.05) is 12.3 Å². The molecular formula is C13H10IN3O. The fourth-order valence-electron chi connectivity index (χ4n) is 1.46. The molecular weight excluding hydrogens is 341 g/mol. The smallest absolute Gasteiger partial charge is 0.219 e. The first-order chi connectivity index (χ1) is 8.60. The van der Waals surface area contributed by atoms with E-state index in [-0.39, 0.29) is 0 Å². The number of pyridine rings is 1. The quantitative estimate of drug-likeness (QED) is 0.666. The Morgan fingerprint density at radius 1 is 1.39 bits per heavy atom. The maximum atomic E-state index is 8.84. The summed E-state index contributed by atoms with van der Waals surface area (Å²) in [5.41, 5.74) is 7.88. The van der Waals surface area contributed by atoms with Crippen LogP contribution in [0.2, 0.25) is 0 Å². The van der Waals surface area contributed by atoms with E-state index in [1.165, 1.54) is 0 Å². The van der Waals surface area contributed by atoms with E-state index >= 15 is 0 Å². The third-order valence-corrected chi connectivity index (χ3v) is 3.10. The molecule has 0 spiro atoms. The van der Waals surface area contributed by atoms with Crippen molar-refractivity contribution >= 4 is 28.3 Å². The lowest BCUT2D eigenvalue weighted by Crippen LogP contribution is -1.97. The first kappa shape index (κ1) is 12.6. The standard InChI is InChI=1S/C13H10IN3O/c1-8-2-3-17-12(4-8)18-13-10(14)5-9(7-15)6-11(13)16/h2-6H,16H2,1H3. The summed E-state index contributed by atoms with van der Waals surface area (Å²) in [4.78, 5) is 4.11. The number of nitrogens with zero attached hydrogens (tertiary/aromatic N) is 2. The van der Waals surface area contributed by atoms with Crippen LogP contribution < -0.4 is 10.5 Å². The predicted octanol–water partition coefficient (Wildman–Crippen LogP) is 3.24. The van der Waals surface area contributed by atoms with Gasteiger partial charge in [-0.05, 0) is 53.3 Å². The van der Waals surface area contributed by atoms with Gasteiger partial charge in [-0.3, -0.25) is 0 Å². The van der Waals surface area contributed by atoms with E-state index in [0.29, 0.717) is 22.9 Å². The molecule has 4 nitrogen and oxygen atoms in total. The second-order valence-electron chi connectivity index (χ2n) is 3.76. The molecule has 0 radical (unpaired) electrons. The molecule has 1 aromatic heterocycles. The highest BCUT2D eigenvalue weighted by molar-refractivity contribution is 14.1. The first-order valence-corrected chi connectivity index (χ1v) is 6.27. The normalized spacial score (nSPS) is 9.83. The van der Waals surface area contributed by atoms with E-state index in [4.69, 9.17) is 15.7 Å². The zero-order valence-corrected chi connectivity index (χ0v) is 11.8. The molecule has 1 aromatic carbocycles. The van der Waals surface area contributed by atoms with Crippen LogP contribution in [0.25, 0.3) is 0 Å². The van der Waals surface area contributed by atoms with E-state index in [1.807, 2.05) is 19.1 Å². The van der Waals surface area contributed by atoms with E-state index in [2.05, 4.69) is 33.6 Å². The molecule has 0 aliphatic rings. The van der Waals surface area contributed by atoms with Crippen LogP contribution in [0, 0.1) is 21.8 Å². The molecule has 18 heavy (non-hydrogen) atoms. The fourth-order valence-corrected chi connectivity index (χ4v) is 2.21. The van der Waals surface area contributed by atoms with Crippen molar-refractivity contribution in [3.8, 4) is 17.7 Å². The van der Waals surface area contributed by atoms with Gasteiger partial charge in [0.15, 0.2) is 5.75 Å². The van der Waals surface area contributed by atoms with Crippen molar-refractivity contribution < 1.29 is 4.74 Å². The fraction of sp³-hybridized carbons (Fsp3) is 0.0769. The highest BCUT2D eigenvalue weighted by Gasteiger charge is 2.10. The molecule has 5 heteroatoms. The van der Waals surface area contributed by atoms with Crippen molar-refractivity contribution in [3.63, 3.8) is 0 Å². The lowest BCUT2D eigenvalue weighted by molar-refractivity contribution is 0.461. The van der Waals surface area contributed by atoms with Crippen LogP contribution >= 0.6 is 22.6 Å². The average Bonchev–Trinajstić information content (AvgIpc) is 2.33. The second kappa shape index (κ2) is 5.23. The zero-order chi connectivity index (χ0) is 13.1. The Kier molecular flexibility index (Phi) is 3.67. The average molecular weight is 351 g/mol. The van der Waals surface area contributed by atoms with Gasteiger partial charge in [-0.15, -0.1) is 0 Å². The molecule has 0 aliphatic heterocycles. The summed E-state index contributed by atoms with van der Waals surface area (Å²) in [6, 6.07) is 9.08. The number of rotatable bonds is 2. The number of benzene rings is 1. The molecule has 0 saturated heterocycles. The molecule has 0 atom stereocenters. The van der Waals surface area contributed by atoms with E-state index in [0.717, 1.165) is 9.13 Å². The van der Waals surface area contributed by atoms with Gasteiger partial charge in [0.05, 0.1) is 20.9 Å². The Morgan fingerprint density at radius 2 is 2.17 bits per heavy atom. The van der Waals surface area contributed by atoms with Crippen LogP contribution in [-0.4, -0.2) is 4.98 Å². The first-order valence-electron chi connectivity index (χ1n) is 5.20. The molecule has 0 amide bonds. The Bertz CT molecular complexity index is 611. The molecule has 2 rings (SSSR count). The van der Waals surface area contributed by atoms with Crippen LogP contribution in [0.15, 0.2) is 30.5 Å². The number of hydrogen-bond donors (Lipinski definition) is 1. The maximum absolute atomic E-state index is 8.84. The van der Waals surface area contributed by atoms with Gasteiger partial charge in [0.2, 0.25) is 5.88 Å². The van der Waals surface area contributed by atoms with Gasteiger partial charge in [0.1, 0.15) is 0 Å². The Hall–Kier alpha value is -1.81. The Morgan fingerprint density at radius 3 is 2.78 bits per heavy atom. The number of anilines is 1. The number of nitriles is 1. The molecule has 0 bridgehead atoms. The molecule has 90 valence electrons. The third-order valence-electron chi connectivity index (χ3n) is 2.30. The summed E-state index contributed by atoms with van der Waals surface area (Å²) in [6.07, 6.45) is 1.68. The SMILES string of the molecule is Cc1ccnc(Oc2c(N)cc(C#N)cc2I)c1. The topological polar surface area (TPSA) is 71.9 Å².